The van der Waals surface area contributed by atoms with Crippen molar-refractivity contribution in [1.29, 1.82) is 0 Å². The van der Waals surface area contributed by atoms with Crippen LogP contribution in [0.3, 0.4) is 0 Å². The van der Waals surface area contributed by atoms with Crippen molar-refractivity contribution in [1.82, 2.24) is 19.7 Å². The van der Waals surface area contributed by atoms with Gasteiger partial charge in [-0.05, 0) is 44.5 Å². The molecule has 2 N–H and O–H groups in total. The Morgan fingerprint density at radius 2 is 1.93 bits per heavy atom. The van der Waals surface area contributed by atoms with E-state index in [0.29, 0.717) is 17.5 Å². The number of aromatic hydroxyl groups is 1. The molecule has 3 heterocycles. The molecular formula is C20H21N5O3S. The standard InChI is InChI=1S/C20H21N5O3S/c1-10-7-11(2)22-20(21-10)25-19-17(12(3)24-25)18(29-9-16(27)23-19)13-5-6-14(26)15(8-13)28-4/h5-8,18,26H,9H2,1-4H3,(H,23,27). The molecule has 0 aliphatic carbocycles. The number of anilines is 1. The number of nitrogens with zero attached hydrogens (tertiary/aromatic N) is 4. The van der Waals surface area contributed by atoms with Crippen LogP contribution < -0.4 is 10.1 Å². The van der Waals surface area contributed by atoms with E-state index in [2.05, 4.69) is 20.4 Å². The van der Waals surface area contributed by atoms with Gasteiger partial charge in [-0.3, -0.25) is 4.79 Å². The van der Waals surface area contributed by atoms with E-state index in [1.54, 1.807) is 16.8 Å². The molecule has 1 aliphatic rings. The summed E-state index contributed by atoms with van der Waals surface area (Å²) in [4.78, 5) is 21.4. The quantitative estimate of drug-likeness (QED) is 0.683. The Bertz CT molecular complexity index is 1090. The molecule has 0 spiro atoms. The molecule has 1 atom stereocenters. The molecular weight excluding hydrogens is 390 g/mol. The van der Waals surface area contributed by atoms with E-state index in [1.807, 2.05) is 32.9 Å². The first-order chi connectivity index (χ1) is 13.9. The molecule has 150 valence electrons. The molecule has 3 aromatic rings. The number of fused-ring (bicyclic) bond motifs is 1. The lowest BCUT2D eigenvalue weighted by molar-refractivity contribution is -0.113. The third-order valence-corrected chi connectivity index (χ3v) is 5.94. The molecule has 29 heavy (non-hydrogen) atoms. The van der Waals surface area contributed by atoms with Gasteiger partial charge >= 0.3 is 0 Å². The number of phenols is 1. The van der Waals surface area contributed by atoms with E-state index in [0.717, 1.165) is 28.2 Å². The van der Waals surface area contributed by atoms with Gasteiger partial charge in [0, 0.05) is 17.0 Å². The molecule has 4 rings (SSSR count). The summed E-state index contributed by atoms with van der Waals surface area (Å²) in [5.41, 5.74) is 4.21. The van der Waals surface area contributed by atoms with E-state index < -0.39 is 0 Å². The Balaban J connectivity index is 1.90. The summed E-state index contributed by atoms with van der Waals surface area (Å²) in [6.07, 6.45) is 0. The van der Waals surface area contributed by atoms with Gasteiger partial charge in [-0.15, -0.1) is 11.8 Å². The summed E-state index contributed by atoms with van der Waals surface area (Å²) in [7, 11) is 1.51. The van der Waals surface area contributed by atoms with Crippen molar-refractivity contribution in [3.63, 3.8) is 0 Å². The van der Waals surface area contributed by atoms with Gasteiger partial charge in [-0.1, -0.05) is 6.07 Å². The number of thioether (sulfide) groups is 1. The van der Waals surface area contributed by atoms with Crippen molar-refractivity contribution in [3.8, 4) is 17.4 Å². The van der Waals surface area contributed by atoms with Gasteiger partial charge in [-0.25, -0.2) is 9.97 Å². The fourth-order valence-corrected chi connectivity index (χ4v) is 4.63. The van der Waals surface area contributed by atoms with Crippen molar-refractivity contribution < 1.29 is 14.6 Å². The molecule has 0 saturated carbocycles. The van der Waals surface area contributed by atoms with Gasteiger partial charge < -0.3 is 15.2 Å². The summed E-state index contributed by atoms with van der Waals surface area (Å²) < 4.78 is 6.86. The first-order valence-corrected chi connectivity index (χ1v) is 10.1. The van der Waals surface area contributed by atoms with Crippen LogP contribution in [0.15, 0.2) is 24.3 Å². The number of amides is 1. The maximum Gasteiger partial charge on any atom is 0.252 e. The molecule has 1 unspecified atom stereocenters. The smallest absolute Gasteiger partial charge is 0.252 e. The molecule has 1 aliphatic heterocycles. The monoisotopic (exact) mass is 411 g/mol. The number of carbonyl (C=O) groups is 1. The van der Waals surface area contributed by atoms with Gasteiger partial charge in [-0.2, -0.15) is 9.78 Å². The van der Waals surface area contributed by atoms with Crippen LogP contribution >= 0.6 is 11.8 Å². The van der Waals surface area contributed by atoms with Gasteiger partial charge in [0.15, 0.2) is 11.5 Å². The lowest BCUT2D eigenvalue weighted by Crippen LogP contribution is -2.17. The number of rotatable bonds is 3. The number of nitrogens with one attached hydrogen (secondary N) is 1. The maximum absolute atomic E-state index is 12.4. The van der Waals surface area contributed by atoms with E-state index in [1.165, 1.54) is 18.9 Å². The zero-order chi connectivity index (χ0) is 20.7. The topological polar surface area (TPSA) is 102 Å². The van der Waals surface area contributed by atoms with Crippen molar-refractivity contribution in [2.45, 2.75) is 26.0 Å². The second-order valence-corrected chi connectivity index (χ2v) is 7.97. The van der Waals surface area contributed by atoms with Crippen LogP contribution in [0.2, 0.25) is 0 Å². The van der Waals surface area contributed by atoms with Crippen LogP contribution in [0.1, 0.15) is 33.5 Å². The second-order valence-electron chi connectivity index (χ2n) is 6.88. The summed E-state index contributed by atoms with van der Waals surface area (Å²) in [5, 5.41) is 17.4. The summed E-state index contributed by atoms with van der Waals surface area (Å²) in [5.74, 6) is 1.61. The summed E-state index contributed by atoms with van der Waals surface area (Å²) >= 11 is 1.50. The SMILES string of the molecule is COc1cc(C2SCC(=O)Nc3c2c(C)nn3-c2nc(C)cc(C)n2)ccc1O. The Morgan fingerprint density at radius 3 is 2.62 bits per heavy atom. The highest BCUT2D eigenvalue weighted by Gasteiger charge is 2.31. The van der Waals surface area contributed by atoms with Crippen LogP contribution in [-0.2, 0) is 4.79 Å². The van der Waals surface area contributed by atoms with Crippen molar-refractivity contribution in [2.75, 3.05) is 18.2 Å². The molecule has 1 amide bonds. The molecule has 1 aromatic carbocycles. The summed E-state index contributed by atoms with van der Waals surface area (Å²) in [6.45, 7) is 5.70. The lowest BCUT2D eigenvalue weighted by Gasteiger charge is -2.16. The normalized spacial score (nSPS) is 16.1. The first-order valence-electron chi connectivity index (χ1n) is 9.08. The third-order valence-electron chi connectivity index (χ3n) is 4.67. The zero-order valence-electron chi connectivity index (χ0n) is 16.6. The van der Waals surface area contributed by atoms with Crippen molar-refractivity contribution in [3.05, 3.63) is 52.5 Å². The Kier molecular flexibility index (Phi) is 4.91. The number of aromatic nitrogens is 4. The number of ether oxygens (including phenoxy) is 1. The van der Waals surface area contributed by atoms with Crippen LogP contribution in [0.5, 0.6) is 11.5 Å². The Morgan fingerprint density at radius 1 is 1.21 bits per heavy atom. The molecule has 9 heteroatoms. The average molecular weight is 411 g/mol. The Labute approximate surface area is 172 Å². The van der Waals surface area contributed by atoms with E-state index in [4.69, 9.17) is 4.74 Å². The van der Waals surface area contributed by atoms with Gasteiger partial charge in [0.2, 0.25) is 5.91 Å². The molecule has 8 nitrogen and oxygen atoms in total. The van der Waals surface area contributed by atoms with Gasteiger partial charge in [0.05, 0.1) is 23.8 Å². The lowest BCUT2D eigenvalue weighted by atomic mass is 10.0. The number of hydrogen-bond acceptors (Lipinski definition) is 7. The Hall–Kier alpha value is -3.07. The highest BCUT2D eigenvalue weighted by Crippen LogP contribution is 2.45. The largest absolute Gasteiger partial charge is 0.504 e. The number of hydrogen-bond donors (Lipinski definition) is 2. The number of methoxy groups -OCH3 is 1. The molecule has 0 radical (unpaired) electrons. The van der Waals surface area contributed by atoms with Crippen LogP contribution in [0, 0.1) is 20.8 Å². The first kappa shape index (κ1) is 19.3. The number of phenolic OH excluding ortho intramolecular Hbond substituents is 1. The number of benzene rings is 1. The van der Waals surface area contributed by atoms with E-state index >= 15 is 0 Å². The fraction of sp³-hybridized carbons (Fsp3) is 0.300. The van der Waals surface area contributed by atoms with Crippen LogP contribution in [-0.4, -0.2) is 43.6 Å². The third kappa shape index (κ3) is 3.53. The summed E-state index contributed by atoms with van der Waals surface area (Å²) in [6, 6.07) is 7.11. The maximum atomic E-state index is 12.4. The second kappa shape index (κ2) is 7.40. The predicted octanol–water partition coefficient (Wildman–Crippen LogP) is 3.08. The fourth-order valence-electron chi connectivity index (χ4n) is 3.45. The highest BCUT2D eigenvalue weighted by molar-refractivity contribution is 8.00. The minimum Gasteiger partial charge on any atom is -0.504 e. The van der Waals surface area contributed by atoms with Crippen molar-refractivity contribution in [2.24, 2.45) is 0 Å². The zero-order valence-corrected chi connectivity index (χ0v) is 17.4. The van der Waals surface area contributed by atoms with E-state index in [-0.39, 0.29) is 22.7 Å². The number of aryl methyl sites for hydroxylation is 3. The van der Waals surface area contributed by atoms with Crippen LogP contribution in [0.4, 0.5) is 5.82 Å². The highest BCUT2D eigenvalue weighted by atomic mass is 32.2. The minimum atomic E-state index is -0.168. The van der Waals surface area contributed by atoms with Crippen LogP contribution in [0.25, 0.3) is 5.95 Å². The molecule has 0 fully saturated rings. The number of carbonyl (C=O) groups excluding carboxylic acids is 1. The average Bonchev–Trinajstić information content (AvgIpc) is 2.87. The minimum absolute atomic E-state index is 0.0698. The predicted molar refractivity (Wildman–Crippen MR) is 111 cm³/mol. The molecule has 2 aromatic heterocycles. The van der Waals surface area contributed by atoms with E-state index in [9.17, 15) is 9.90 Å². The molecule has 0 saturated heterocycles. The molecule has 0 bridgehead atoms. The van der Waals surface area contributed by atoms with Gasteiger partial charge in [0.25, 0.3) is 5.95 Å². The van der Waals surface area contributed by atoms with Crippen molar-refractivity contribution >= 4 is 23.5 Å². The van der Waals surface area contributed by atoms with Gasteiger partial charge in [0.1, 0.15) is 5.82 Å².